The van der Waals surface area contributed by atoms with Crippen molar-refractivity contribution in [3.63, 3.8) is 0 Å². The Morgan fingerprint density at radius 2 is 2.10 bits per heavy atom. The highest BCUT2D eigenvalue weighted by Crippen LogP contribution is 2.23. The van der Waals surface area contributed by atoms with Crippen LogP contribution in [0, 0.1) is 10.1 Å². The zero-order valence-corrected chi connectivity index (χ0v) is 13.0. The van der Waals surface area contributed by atoms with Gasteiger partial charge in [-0.25, -0.2) is 4.98 Å². The molecule has 0 aliphatic rings. The van der Waals surface area contributed by atoms with E-state index in [1.165, 1.54) is 6.07 Å². The minimum Gasteiger partial charge on any atom is -0.481 e. The molecule has 1 aromatic heterocycles. The van der Waals surface area contributed by atoms with E-state index in [0.717, 1.165) is 10.0 Å². The number of hydrogen-bond acceptors (Lipinski definition) is 5. The number of hydrogen-bond donors (Lipinski definition) is 1. The van der Waals surface area contributed by atoms with Gasteiger partial charge in [0.25, 0.3) is 5.69 Å². The summed E-state index contributed by atoms with van der Waals surface area (Å²) in [5.41, 5.74) is 1.62. The van der Waals surface area contributed by atoms with Crippen LogP contribution >= 0.6 is 15.9 Å². The Hall–Kier alpha value is -1.99. The molecule has 0 fully saturated rings. The van der Waals surface area contributed by atoms with Gasteiger partial charge >= 0.3 is 0 Å². The van der Waals surface area contributed by atoms with Gasteiger partial charge in [-0.3, -0.25) is 10.1 Å². The summed E-state index contributed by atoms with van der Waals surface area (Å²) in [6.45, 7) is 0.897. The molecular weight excluding hydrogens is 338 g/mol. The van der Waals surface area contributed by atoms with Gasteiger partial charge < -0.3 is 10.1 Å². The lowest BCUT2D eigenvalue weighted by atomic mass is 10.1. The van der Waals surface area contributed by atoms with Crippen molar-refractivity contribution >= 4 is 21.6 Å². The lowest BCUT2D eigenvalue weighted by Crippen LogP contribution is -2.14. The second-order valence-electron chi connectivity index (χ2n) is 4.31. The van der Waals surface area contributed by atoms with E-state index >= 15 is 0 Å². The summed E-state index contributed by atoms with van der Waals surface area (Å²) in [6.07, 6.45) is 1.65. The number of rotatable bonds is 6. The first-order valence-electron chi connectivity index (χ1n) is 6.23. The van der Waals surface area contributed by atoms with Gasteiger partial charge in [0.05, 0.1) is 12.0 Å². The Morgan fingerprint density at radius 1 is 1.33 bits per heavy atom. The second kappa shape index (κ2) is 7.14. The lowest BCUT2D eigenvalue weighted by Gasteiger charge is -2.09. The summed E-state index contributed by atoms with van der Waals surface area (Å²) < 4.78 is 5.97. The first-order chi connectivity index (χ1) is 10.1. The number of methoxy groups -OCH3 is 1. The summed E-state index contributed by atoms with van der Waals surface area (Å²) in [4.78, 5) is 14.7. The quantitative estimate of drug-likeness (QED) is 0.639. The van der Waals surface area contributed by atoms with Gasteiger partial charge in [-0.15, -0.1) is 0 Å². The fourth-order valence-electron chi connectivity index (χ4n) is 1.95. The SMILES string of the molecule is COc1ncccc1CNCc1cc(Br)ccc1[N+](=O)[O-]. The molecule has 0 spiro atoms. The van der Waals surface area contributed by atoms with E-state index in [2.05, 4.69) is 26.2 Å². The smallest absolute Gasteiger partial charge is 0.273 e. The van der Waals surface area contributed by atoms with E-state index in [-0.39, 0.29) is 10.6 Å². The normalized spacial score (nSPS) is 10.4. The van der Waals surface area contributed by atoms with E-state index < -0.39 is 0 Å². The third-order valence-corrected chi connectivity index (χ3v) is 3.41. The minimum atomic E-state index is -0.381. The van der Waals surface area contributed by atoms with E-state index in [0.29, 0.717) is 24.5 Å². The number of ether oxygens (including phenoxy) is 1. The lowest BCUT2D eigenvalue weighted by molar-refractivity contribution is -0.385. The molecule has 7 heteroatoms. The standard InChI is InChI=1S/C14H14BrN3O3/c1-21-14-10(3-2-6-17-14)8-16-9-11-7-12(15)4-5-13(11)18(19)20/h2-7,16H,8-9H2,1H3. The molecule has 6 nitrogen and oxygen atoms in total. The number of aromatic nitrogens is 1. The van der Waals surface area contributed by atoms with Crippen LogP contribution < -0.4 is 10.1 Å². The van der Waals surface area contributed by atoms with Crippen LogP contribution in [0.4, 0.5) is 5.69 Å². The fraction of sp³-hybridized carbons (Fsp3) is 0.214. The van der Waals surface area contributed by atoms with E-state index in [4.69, 9.17) is 4.74 Å². The monoisotopic (exact) mass is 351 g/mol. The maximum atomic E-state index is 11.0. The van der Waals surface area contributed by atoms with Crippen LogP contribution in [-0.2, 0) is 13.1 Å². The van der Waals surface area contributed by atoms with Crippen LogP contribution in [0.15, 0.2) is 41.0 Å². The van der Waals surface area contributed by atoms with Crippen molar-refractivity contribution in [2.75, 3.05) is 7.11 Å². The molecule has 2 aromatic rings. The van der Waals surface area contributed by atoms with Crippen LogP contribution in [0.5, 0.6) is 5.88 Å². The molecule has 2 rings (SSSR count). The summed E-state index contributed by atoms with van der Waals surface area (Å²) in [5, 5.41) is 14.2. The van der Waals surface area contributed by atoms with Gasteiger partial charge in [-0.05, 0) is 18.2 Å². The molecule has 1 aromatic carbocycles. The van der Waals surface area contributed by atoms with Crippen molar-refractivity contribution in [1.82, 2.24) is 10.3 Å². The Morgan fingerprint density at radius 3 is 2.81 bits per heavy atom. The highest BCUT2D eigenvalue weighted by molar-refractivity contribution is 9.10. The first-order valence-corrected chi connectivity index (χ1v) is 7.02. The number of nitro groups is 1. The van der Waals surface area contributed by atoms with Crippen LogP contribution in [0.2, 0.25) is 0 Å². The van der Waals surface area contributed by atoms with Crippen molar-refractivity contribution < 1.29 is 9.66 Å². The summed E-state index contributed by atoms with van der Waals surface area (Å²) in [7, 11) is 1.56. The summed E-state index contributed by atoms with van der Waals surface area (Å²) in [5.74, 6) is 0.550. The molecule has 0 radical (unpaired) electrons. The minimum absolute atomic E-state index is 0.101. The predicted octanol–water partition coefficient (Wildman–Crippen LogP) is 3.05. The third-order valence-electron chi connectivity index (χ3n) is 2.91. The summed E-state index contributed by atoms with van der Waals surface area (Å²) in [6, 6.07) is 8.61. The van der Waals surface area contributed by atoms with Crippen molar-refractivity contribution in [3.8, 4) is 5.88 Å². The molecule has 21 heavy (non-hydrogen) atoms. The van der Waals surface area contributed by atoms with Crippen LogP contribution in [0.3, 0.4) is 0 Å². The fourth-order valence-corrected chi connectivity index (χ4v) is 2.36. The number of nitrogens with zero attached hydrogens (tertiary/aromatic N) is 2. The van der Waals surface area contributed by atoms with E-state index in [1.807, 2.05) is 12.1 Å². The van der Waals surface area contributed by atoms with Gasteiger partial charge in [0.15, 0.2) is 0 Å². The zero-order chi connectivity index (χ0) is 15.2. The molecule has 0 bridgehead atoms. The first kappa shape index (κ1) is 15.4. The molecule has 0 amide bonds. The third kappa shape index (κ3) is 3.99. The van der Waals surface area contributed by atoms with Crippen molar-refractivity contribution in [2.24, 2.45) is 0 Å². The number of benzene rings is 1. The topological polar surface area (TPSA) is 77.3 Å². The highest BCUT2D eigenvalue weighted by atomic mass is 79.9. The van der Waals surface area contributed by atoms with Gasteiger partial charge in [-0.1, -0.05) is 22.0 Å². The molecule has 1 heterocycles. The molecule has 0 saturated carbocycles. The highest BCUT2D eigenvalue weighted by Gasteiger charge is 2.13. The van der Waals surface area contributed by atoms with Gasteiger partial charge in [0, 0.05) is 41.0 Å². The van der Waals surface area contributed by atoms with Crippen molar-refractivity contribution in [1.29, 1.82) is 0 Å². The molecule has 110 valence electrons. The van der Waals surface area contributed by atoms with Gasteiger partial charge in [0.2, 0.25) is 5.88 Å². The molecule has 1 N–H and O–H groups in total. The van der Waals surface area contributed by atoms with Crippen LogP contribution in [0.1, 0.15) is 11.1 Å². The molecule has 0 saturated heterocycles. The number of pyridine rings is 1. The zero-order valence-electron chi connectivity index (χ0n) is 11.4. The average molecular weight is 352 g/mol. The average Bonchev–Trinajstić information content (AvgIpc) is 2.47. The Bertz CT molecular complexity index is 649. The molecule has 0 aliphatic carbocycles. The summed E-state index contributed by atoms with van der Waals surface area (Å²) >= 11 is 3.32. The van der Waals surface area contributed by atoms with Gasteiger partial charge in [0.1, 0.15) is 0 Å². The number of nitrogens with one attached hydrogen (secondary N) is 1. The Kier molecular flexibility index (Phi) is 5.24. The van der Waals surface area contributed by atoms with Crippen molar-refractivity contribution in [2.45, 2.75) is 13.1 Å². The maximum absolute atomic E-state index is 11.0. The van der Waals surface area contributed by atoms with Gasteiger partial charge in [-0.2, -0.15) is 0 Å². The molecule has 0 unspecified atom stereocenters. The molecular formula is C14H14BrN3O3. The van der Waals surface area contributed by atoms with Crippen molar-refractivity contribution in [3.05, 3.63) is 62.2 Å². The predicted molar refractivity (Wildman–Crippen MR) is 82.1 cm³/mol. The largest absolute Gasteiger partial charge is 0.481 e. The van der Waals surface area contributed by atoms with E-state index in [1.54, 1.807) is 25.4 Å². The number of nitro benzene ring substituents is 1. The van der Waals surface area contributed by atoms with Crippen LogP contribution in [-0.4, -0.2) is 17.0 Å². The molecule has 0 atom stereocenters. The van der Waals surface area contributed by atoms with E-state index in [9.17, 15) is 10.1 Å². The van der Waals surface area contributed by atoms with Crippen LogP contribution in [0.25, 0.3) is 0 Å². The molecule has 0 aliphatic heterocycles. The maximum Gasteiger partial charge on any atom is 0.273 e. The Labute approximate surface area is 130 Å². The number of halogens is 1. The second-order valence-corrected chi connectivity index (χ2v) is 5.22. The Balaban J connectivity index is 2.07.